The van der Waals surface area contributed by atoms with Gasteiger partial charge in [0.05, 0.1) is 12.6 Å². The van der Waals surface area contributed by atoms with E-state index in [0.717, 1.165) is 74.9 Å². The molecule has 3 rings (SSSR count). The largest absolute Gasteiger partial charge is 0.489 e. The van der Waals surface area contributed by atoms with E-state index in [0.29, 0.717) is 19.3 Å². The topological polar surface area (TPSA) is 55.3 Å². The fourth-order valence-corrected chi connectivity index (χ4v) is 3.78. The molecule has 0 saturated carbocycles. The minimum absolute atomic E-state index is 0.332. The Balaban J connectivity index is 1.55. The lowest BCUT2D eigenvalue weighted by atomic mass is 10.1. The Bertz CT molecular complexity index is 805. The summed E-state index contributed by atoms with van der Waals surface area (Å²) in [6.45, 7) is 7.52. The van der Waals surface area contributed by atoms with Gasteiger partial charge in [0, 0.05) is 45.5 Å². The van der Waals surface area contributed by atoms with Crippen molar-refractivity contribution in [3.8, 4) is 5.75 Å². The minimum atomic E-state index is 0.332. The van der Waals surface area contributed by atoms with E-state index in [1.165, 1.54) is 0 Å². The van der Waals surface area contributed by atoms with Crippen LogP contribution < -0.4 is 10.1 Å². The zero-order valence-electron chi connectivity index (χ0n) is 19.5. The quantitative estimate of drug-likeness (QED) is 0.322. The first-order valence-electron chi connectivity index (χ1n) is 11.7. The number of methoxy groups -OCH3 is 1. The zero-order chi connectivity index (χ0) is 22.4. The average Bonchev–Trinajstić information content (AvgIpc) is 2.85. The van der Waals surface area contributed by atoms with E-state index < -0.39 is 0 Å². The molecule has 0 aliphatic carbocycles. The molecule has 1 heterocycles. The van der Waals surface area contributed by atoms with Gasteiger partial charge in [-0.05, 0) is 37.8 Å². The van der Waals surface area contributed by atoms with Gasteiger partial charge >= 0.3 is 0 Å². The molecule has 6 nitrogen and oxygen atoms in total. The third-order valence-electron chi connectivity index (χ3n) is 5.53. The Labute approximate surface area is 192 Å². The molecule has 0 amide bonds. The highest BCUT2D eigenvalue weighted by molar-refractivity contribution is 5.80. The number of ether oxygens (including phenoxy) is 3. The summed E-state index contributed by atoms with van der Waals surface area (Å²) >= 11 is 0. The predicted octanol–water partition coefficient (Wildman–Crippen LogP) is 4.25. The average molecular weight is 440 g/mol. The second-order valence-electron chi connectivity index (χ2n) is 7.96. The number of aliphatic imine (C=N–C) groups is 1. The van der Waals surface area contributed by atoms with Crippen LogP contribution in [0.3, 0.4) is 0 Å². The summed E-state index contributed by atoms with van der Waals surface area (Å²) in [4.78, 5) is 7.27. The fourth-order valence-electron chi connectivity index (χ4n) is 3.78. The number of guanidine groups is 1. The van der Waals surface area contributed by atoms with Crippen molar-refractivity contribution in [1.29, 1.82) is 0 Å². The second kappa shape index (κ2) is 13.8. The smallest absolute Gasteiger partial charge is 0.194 e. The van der Waals surface area contributed by atoms with Crippen molar-refractivity contribution >= 4 is 5.96 Å². The summed E-state index contributed by atoms with van der Waals surface area (Å²) in [5, 5.41) is 3.45. The highest BCUT2D eigenvalue weighted by Gasteiger charge is 2.22. The van der Waals surface area contributed by atoms with Crippen LogP contribution in [-0.2, 0) is 22.6 Å². The Kier molecular flexibility index (Phi) is 10.4. The standard InChI is InChI=1S/C26H37N3O3/c1-3-27-26(29-16-14-24(15-17-29)31-19-9-18-30-2)28-20-23-12-7-8-13-25(23)32-21-22-10-5-4-6-11-22/h4-8,10-13,24H,3,9,14-21H2,1-2H3,(H,27,28). The van der Waals surface area contributed by atoms with Crippen LogP contribution in [0.1, 0.15) is 37.3 Å². The monoisotopic (exact) mass is 439 g/mol. The lowest BCUT2D eigenvalue weighted by Crippen LogP contribution is -2.47. The van der Waals surface area contributed by atoms with Gasteiger partial charge in [0.1, 0.15) is 12.4 Å². The van der Waals surface area contributed by atoms with Gasteiger partial charge in [-0.25, -0.2) is 4.99 Å². The van der Waals surface area contributed by atoms with E-state index in [2.05, 4.69) is 35.3 Å². The summed E-state index contributed by atoms with van der Waals surface area (Å²) in [7, 11) is 1.73. The number of benzene rings is 2. The van der Waals surface area contributed by atoms with Crippen molar-refractivity contribution in [2.45, 2.75) is 45.4 Å². The van der Waals surface area contributed by atoms with Crippen molar-refractivity contribution in [3.63, 3.8) is 0 Å². The molecule has 1 saturated heterocycles. The number of hydrogen-bond acceptors (Lipinski definition) is 4. The molecule has 0 aromatic heterocycles. The molecule has 1 aliphatic heterocycles. The van der Waals surface area contributed by atoms with Crippen molar-refractivity contribution in [2.24, 2.45) is 4.99 Å². The van der Waals surface area contributed by atoms with Crippen LogP contribution in [0.4, 0.5) is 0 Å². The Hall–Kier alpha value is -2.57. The van der Waals surface area contributed by atoms with Crippen LogP contribution in [0.5, 0.6) is 5.75 Å². The molecule has 0 atom stereocenters. The molecule has 2 aromatic carbocycles. The molecule has 0 unspecified atom stereocenters. The number of piperidine rings is 1. The third kappa shape index (κ3) is 7.84. The maximum atomic E-state index is 6.10. The van der Waals surface area contributed by atoms with E-state index in [9.17, 15) is 0 Å². The number of nitrogens with one attached hydrogen (secondary N) is 1. The number of rotatable bonds is 11. The normalized spacial score (nSPS) is 15.1. The van der Waals surface area contributed by atoms with Crippen LogP contribution in [0.2, 0.25) is 0 Å². The molecule has 1 N–H and O–H groups in total. The highest BCUT2D eigenvalue weighted by Crippen LogP contribution is 2.21. The number of likely N-dealkylation sites (tertiary alicyclic amines) is 1. The van der Waals surface area contributed by atoms with Crippen LogP contribution in [0, 0.1) is 0 Å². The summed E-state index contributed by atoms with van der Waals surface area (Å²) in [6, 6.07) is 18.4. The molecule has 0 radical (unpaired) electrons. The molecule has 1 fully saturated rings. The molecule has 0 spiro atoms. The van der Waals surface area contributed by atoms with Gasteiger partial charge in [0.2, 0.25) is 0 Å². The lowest BCUT2D eigenvalue weighted by Gasteiger charge is -2.34. The van der Waals surface area contributed by atoms with Gasteiger partial charge in [0.25, 0.3) is 0 Å². The van der Waals surface area contributed by atoms with Crippen LogP contribution in [0.15, 0.2) is 59.6 Å². The van der Waals surface area contributed by atoms with Crippen molar-refractivity contribution < 1.29 is 14.2 Å². The maximum absolute atomic E-state index is 6.10. The van der Waals surface area contributed by atoms with E-state index in [1.807, 2.05) is 36.4 Å². The minimum Gasteiger partial charge on any atom is -0.489 e. The van der Waals surface area contributed by atoms with Gasteiger partial charge in [-0.2, -0.15) is 0 Å². The number of para-hydroxylation sites is 1. The second-order valence-corrected chi connectivity index (χ2v) is 7.96. The Morgan fingerprint density at radius 3 is 2.53 bits per heavy atom. The maximum Gasteiger partial charge on any atom is 0.194 e. The van der Waals surface area contributed by atoms with Gasteiger partial charge in [-0.1, -0.05) is 48.5 Å². The highest BCUT2D eigenvalue weighted by atomic mass is 16.5. The molecular weight excluding hydrogens is 402 g/mol. The van der Waals surface area contributed by atoms with E-state index in [4.69, 9.17) is 19.2 Å². The molecule has 174 valence electrons. The molecular formula is C26H37N3O3. The zero-order valence-corrected chi connectivity index (χ0v) is 19.5. The predicted molar refractivity (Wildman–Crippen MR) is 129 cm³/mol. The lowest BCUT2D eigenvalue weighted by molar-refractivity contribution is 0.00990. The first-order chi connectivity index (χ1) is 15.8. The summed E-state index contributed by atoms with van der Waals surface area (Å²) in [5.41, 5.74) is 2.25. The van der Waals surface area contributed by atoms with Gasteiger partial charge in [-0.3, -0.25) is 0 Å². The van der Waals surface area contributed by atoms with Crippen molar-refractivity contribution in [2.75, 3.05) is 40.0 Å². The first-order valence-corrected chi connectivity index (χ1v) is 11.7. The van der Waals surface area contributed by atoms with E-state index in [-0.39, 0.29) is 0 Å². The summed E-state index contributed by atoms with van der Waals surface area (Å²) in [6.07, 6.45) is 3.33. The summed E-state index contributed by atoms with van der Waals surface area (Å²) in [5.74, 6) is 1.85. The Morgan fingerprint density at radius 2 is 1.78 bits per heavy atom. The number of hydrogen-bond donors (Lipinski definition) is 1. The SMILES string of the molecule is CCNC(=NCc1ccccc1OCc1ccccc1)N1CCC(OCCCOC)CC1. The number of nitrogens with zero attached hydrogens (tertiary/aromatic N) is 2. The fraction of sp³-hybridized carbons (Fsp3) is 0.500. The van der Waals surface area contributed by atoms with Gasteiger partial charge in [-0.15, -0.1) is 0 Å². The van der Waals surface area contributed by atoms with Crippen molar-refractivity contribution in [1.82, 2.24) is 10.2 Å². The summed E-state index contributed by atoms with van der Waals surface area (Å²) < 4.78 is 17.2. The molecule has 1 aliphatic rings. The van der Waals surface area contributed by atoms with Crippen molar-refractivity contribution in [3.05, 3.63) is 65.7 Å². The molecule has 2 aromatic rings. The van der Waals surface area contributed by atoms with Crippen LogP contribution in [-0.4, -0.2) is 56.9 Å². The van der Waals surface area contributed by atoms with Crippen LogP contribution in [0.25, 0.3) is 0 Å². The molecule has 0 bridgehead atoms. The van der Waals surface area contributed by atoms with E-state index in [1.54, 1.807) is 7.11 Å². The first kappa shape index (κ1) is 24.1. The molecule has 32 heavy (non-hydrogen) atoms. The molecule has 6 heteroatoms. The van der Waals surface area contributed by atoms with E-state index >= 15 is 0 Å². The van der Waals surface area contributed by atoms with Gasteiger partial charge in [0.15, 0.2) is 5.96 Å². The third-order valence-corrected chi connectivity index (χ3v) is 5.53. The van der Waals surface area contributed by atoms with Crippen LogP contribution >= 0.6 is 0 Å². The van der Waals surface area contributed by atoms with Gasteiger partial charge < -0.3 is 24.4 Å². The Morgan fingerprint density at radius 1 is 1.03 bits per heavy atom.